The van der Waals surface area contributed by atoms with Gasteiger partial charge in [0.05, 0.1) is 5.41 Å². The predicted molar refractivity (Wildman–Crippen MR) is 98.0 cm³/mol. The monoisotopic (exact) mass is 361 g/mol. The van der Waals surface area contributed by atoms with Crippen molar-refractivity contribution in [2.24, 2.45) is 0 Å². The van der Waals surface area contributed by atoms with Gasteiger partial charge in [-0.1, -0.05) is 44.0 Å². The van der Waals surface area contributed by atoms with Crippen molar-refractivity contribution in [2.45, 2.75) is 75.9 Å². The maximum atomic E-state index is 14.0. The molecule has 1 aromatic carbocycles. The van der Waals surface area contributed by atoms with Gasteiger partial charge >= 0.3 is 0 Å². The van der Waals surface area contributed by atoms with Crippen LogP contribution in [0.15, 0.2) is 24.3 Å². The summed E-state index contributed by atoms with van der Waals surface area (Å²) in [5.41, 5.74) is 0.749. The first-order valence-corrected chi connectivity index (χ1v) is 9.78. The van der Waals surface area contributed by atoms with Crippen LogP contribution in [0.25, 0.3) is 0 Å². The Morgan fingerprint density at radius 3 is 2.48 bits per heavy atom. The number of halogens is 2. The van der Waals surface area contributed by atoms with E-state index in [1.54, 1.807) is 0 Å². The molecule has 0 spiro atoms. The molecule has 2 aliphatic carbocycles. The zero-order valence-corrected chi connectivity index (χ0v) is 15.6. The van der Waals surface area contributed by atoms with Crippen LogP contribution in [-0.4, -0.2) is 20.9 Å². The Labute approximate surface area is 153 Å². The highest BCUT2D eigenvalue weighted by atomic mass is 35.5. The Balaban J connectivity index is 1.79. The van der Waals surface area contributed by atoms with Gasteiger partial charge in [-0.3, -0.25) is 0 Å². The zero-order chi connectivity index (χ0) is 17.6. The first kappa shape index (κ1) is 17.0. The third-order valence-corrected chi connectivity index (χ3v) is 6.01. The molecule has 5 heteroatoms. The Morgan fingerprint density at radius 1 is 1.24 bits per heavy atom. The quantitative estimate of drug-likeness (QED) is 0.671. The molecular weight excluding hydrogens is 337 g/mol. The first-order chi connectivity index (χ1) is 12.0. The molecule has 0 aliphatic heterocycles. The second kappa shape index (κ2) is 6.39. The fourth-order valence-electron chi connectivity index (χ4n) is 4.23. The molecule has 0 radical (unpaired) electrons. The Hall–Kier alpha value is -1.42. The maximum absolute atomic E-state index is 14.0. The summed E-state index contributed by atoms with van der Waals surface area (Å²) < 4.78 is 16.4. The molecule has 1 unspecified atom stereocenters. The minimum absolute atomic E-state index is 0.357. The molecule has 0 bridgehead atoms. The minimum atomic E-state index is -0.767. The second-order valence-corrected chi connectivity index (χ2v) is 8.20. The maximum Gasteiger partial charge on any atom is 0.144 e. The Kier molecular flexibility index (Phi) is 4.35. The van der Waals surface area contributed by atoms with Crippen LogP contribution < -0.4 is 0 Å². The molecule has 2 fully saturated rings. The lowest BCUT2D eigenvalue weighted by Crippen LogP contribution is -2.45. The van der Waals surface area contributed by atoms with Crippen molar-refractivity contribution >= 4 is 11.6 Å². The van der Waals surface area contributed by atoms with E-state index in [-0.39, 0.29) is 5.41 Å². The molecule has 1 atom stereocenters. The van der Waals surface area contributed by atoms with Crippen molar-refractivity contribution in [2.75, 3.05) is 0 Å². The van der Waals surface area contributed by atoms with E-state index in [1.165, 1.54) is 12.8 Å². The average Bonchev–Trinajstić information content (AvgIpc) is 3.31. The zero-order valence-electron chi connectivity index (χ0n) is 14.9. The largest absolute Gasteiger partial charge is 0.311 e. The Bertz CT molecular complexity index is 745. The van der Waals surface area contributed by atoms with E-state index in [2.05, 4.69) is 28.6 Å². The third-order valence-electron chi connectivity index (χ3n) is 5.76. The highest BCUT2D eigenvalue weighted by Crippen LogP contribution is 2.52. The summed E-state index contributed by atoms with van der Waals surface area (Å²) >= 11 is 6.06. The molecule has 134 valence electrons. The van der Waals surface area contributed by atoms with Crippen molar-refractivity contribution in [3.05, 3.63) is 46.5 Å². The number of alkyl halides is 1. The SMILES string of the molecule is CCCC(C)c1nnc(C2(c3ccc(Cl)cc3)CC(F)C2)n1C1CC1. The predicted octanol–water partition coefficient (Wildman–Crippen LogP) is 5.59. The van der Waals surface area contributed by atoms with Crippen LogP contribution in [0.2, 0.25) is 5.02 Å². The molecule has 25 heavy (non-hydrogen) atoms. The molecule has 3 nitrogen and oxygen atoms in total. The van der Waals surface area contributed by atoms with Crippen molar-refractivity contribution in [1.29, 1.82) is 0 Å². The fraction of sp³-hybridized carbons (Fsp3) is 0.600. The van der Waals surface area contributed by atoms with E-state index >= 15 is 0 Å². The lowest BCUT2D eigenvalue weighted by molar-refractivity contribution is 0.113. The van der Waals surface area contributed by atoms with Gasteiger partial charge in [-0.15, -0.1) is 10.2 Å². The summed E-state index contributed by atoms with van der Waals surface area (Å²) in [5, 5.41) is 9.90. The topological polar surface area (TPSA) is 30.7 Å². The summed E-state index contributed by atoms with van der Waals surface area (Å²) in [7, 11) is 0. The highest BCUT2D eigenvalue weighted by Gasteiger charge is 2.52. The number of nitrogens with zero attached hydrogens (tertiary/aromatic N) is 3. The number of hydrogen-bond acceptors (Lipinski definition) is 2. The van der Waals surface area contributed by atoms with Crippen LogP contribution >= 0.6 is 11.6 Å². The molecule has 2 aromatic rings. The van der Waals surface area contributed by atoms with Crippen molar-refractivity contribution in [3.8, 4) is 0 Å². The van der Waals surface area contributed by atoms with E-state index in [0.29, 0.717) is 29.8 Å². The molecule has 1 heterocycles. The second-order valence-electron chi connectivity index (χ2n) is 7.77. The highest BCUT2D eigenvalue weighted by molar-refractivity contribution is 6.30. The van der Waals surface area contributed by atoms with Crippen LogP contribution in [0.3, 0.4) is 0 Å². The van der Waals surface area contributed by atoms with Gasteiger partial charge in [0.25, 0.3) is 0 Å². The molecule has 0 N–H and O–H groups in total. The van der Waals surface area contributed by atoms with Crippen molar-refractivity contribution < 1.29 is 4.39 Å². The van der Waals surface area contributed by atoms with E-state index in [1.807, 2.05) is 24.3 Å². The van der Waals surface area contributed by atoms with E-state index in [9.17, 15) is 4.39 Å². The molecular formula is C20H25ClFN3. The molecule has 0 saturated heterocycles. The fourth-order valence-corrected chi connectivity index (χ4v) is 4.36. The molecule has 0 amide bonds. The number of rotatable bonds is 6. The molecule has 2 aliphatic rings. The normalized spacial score (nSPS) is 27.1. The summed E-state index contributed by atoms with van der Waals surface area (Å²) in [6.07, 6.45) is 4.78. The number of benzene rings is 1. The molecule has 2 saturated carbocycles. The van der Waals surface area contributed by atoms with Crippen LogP contribution in [0, 0.1) is 0 Å². The van der Waals surface area contributed by atoms with Gasteiger partial charge in [0.1, 0.15) is 17.8 Å². The summed E-state index contributed by atoms with van der Waals surface area (Å²) in [4.78, 5) is 0. The van der Waals surface area contributed by atoms with E-state index < -0.39 is 6.17 Å². The summed E-state index contributed by atoms with van der Waals surface area (Å²) in [5.74, 6) is 2.43. The first-order valence-electron chi connectivity index (χ1n) is 9.40. The van der Waals surface area contributed by atoms with Crippen molar-refractivity contribution in [1.82, 2.24) is 14.8 Å². The van der Waals surface area contributed by atoms with Gasteiger partial charge in [0.15, 0.2) is 0 Å². The van der Waals surface area contributed by atoms with Gasteiger partial charge in [0.2, 0.25) is 0 Å². The summed E-state index contributed by atoms with van der Waals surface area (Å²) in [6, 6.07) is 8.32. The van der Waals surface area contributed by atoms with Crippen molar-refractivity contribution in [3.63, 3.8) is 0 Å². The van der Waals surface area contributed by atoms with Gasteiger partial charge < -0.3 is 4.57 Å². The van der Waals surface area contributed by atoms with Crippen LogP contribution in [0.5, 0.6) is 0 Å². The van der Waals surface area contributed by atoms with Gasteiger partial charge in [-0.2, -0.15) is 0 Å². The van der Waals surface area contributed by atoms with E-state index in [0.717, 1.165) is 30.1 Å². The lowest BCUT2D eigenvalue weighted by Gasteiger charge is -2.44. The van der Waals surface area contributed by atoms with Gasteiger partial charge in [0, 0.05) is 17.0 Å². The molecule has 4 rings (SSSR count). The lowest BCUT2D eigenvalue weighted by atomic mass is 9.62. The van der Waals surface area contributed by atoms with Gasteiger partial charge in [-0.05, 0) is 49.8 Å². The number of hydrogen-bond donors (Lipinski definition) is 0. The van der Waals surface area contributed by atoms with Gasteiger partial charge in [-0.25, -0.2) is 4.39 Å². The average molecular weight is 362 g/mol. The van der Waals surface area contributed by atoms with Crippen LogP contribution in [-0.2, 0) is 5.41 Å². The summed E-state index contributed by atoms with van der Waals surface area (Å²) in [6.45, 7) is 4.42. The molecule has 1 aromatic heterocycles. The van der Waals surface area contributed by atoms with E-state index in [4.69, 9.17) is 11.6 Å². The smallest absolute Gasteiger partial charge is 0.144 e. The minimum Gasteiger partial charge on any atom is -0.311 e. The third kappa shape index (κ3) is 2.88. The standard InChI is InChI=1S/C20H25ClFN3/c1-3-4-13(2)18-23-24-19(25(18)17-9-10-17)20(11-16(22)12-20)14-5-7-15(21)8-6-14/h5-8,13,16-17H,3-4,9-12H2,1-2H3. The van der Waals surface area contributed by atoms with Crippen LogP contribution in [0.1, 0.15) is 81.5 Å². The number of aromatic nitrogens is 3. The van der Waals surface area contributed by atoms with Crippen LogP contribution in [0.4, 0.5) is 4.39 Å². The Morgan fingerprint density at radius 2 is 1.92 bits per heavy atom.